The zero-order valence-corrected chi connectivity index (χ0v) is 12.1. The van der Waals surface area contributed by atoms with E-state index in [4.69, 9.17) is 15.4 Å². The van der Waals surface area contributed by atoms with E-state index in [9.17, 15) is 18.5 Å². The van der Waals surface area contributed by atoms with Gasteiger partial charge in [-0.3, -0.25) is 10.1 Å². The Morgan fingerprint density at radius 2 is 2.19 bits per heavy atom. The van der Waals surface area contributed by atoms with Crippen LogP contribution in [0.1, 0.15) is 5.82 Å². The molecule has 0 spiro atoms. The van der Waals surface area contributed by atoms with E-state index < -0.39 is 24.6 Å². The average molecular weight is 334 g/mol. The van der Waals surface area contributed by atoms with Crippen LogP contribution in [0.25, 0.3) is 0 Å². The summed E-state index contributed by atoms with van der Waals surface area (Å²) in [5.41, 5.74) is -0.417. The maximum Gasteiger partial charge on any atom is 0.271 e. The number of nitrogens with zero attached hydrogens (tertiary/aromatic N) is 5. The molecule has 2 rings (SSSR count). The van der Waals surface area contributed by atoms with E-state index in [-0.39, 0.29) is 18.2 Å². The molecular weight excluding hydrogens is 326 g/mol. The maximum absolute atomic E-state index is 11.5. The van der Waals surface area contributed by atoms with Crippen molar-refractivity contribution >= 4 is 25.4 Å². The van der Waals surface area contributed by atoms with Gasteiger partial charge in [0.25, 0.3) is 14.7 Å². The van der Waals surface area contributed by atoms with Gasteiger partial charge in [-0.1, -0.05) is 0 Å². The van der Waals surface area contributed by atoms with Gasteiger partial charge in [-0.15, -0.1) is 10.2 Å². The second kappa shape index (κ2) is 5.61. The third-order valence-electron chi connectivity index (χ3n) is 2.31. The topological polar surface area (TPSA) is 130 Å². The van der Waals surface area contributed by atoms with Gasteiger partial charge < -0.3 is 4.74 Å². The summed E-state index contributed by atoms with van der Waals surface area (Å²) in [6.07, 6.45) is 0. The molecule has 0 aliphatic rings. The molecule has 0 aliphatic heterocycles. The maximum atomic E-state index is 11.5. The van der Waals surface area contributed by atoms with Gasteiger partial charge in [0.15, 0.2) is 6.61 Å². The van der Waals surface area contributed by atoms with Gasteiger partial charge in [0, 0.05) is 22.8 Å². The Kier molecular flexibility index (Phi) is 4.04. The van der Waals surface area contributed by atoms with Crippen LogP contribution in [0.2, 0.25) is 0 Å². The Morgan fingerprint density at radius 1 is 1.48 bits per heavy atom. The molecule has 112 valence electrons. The molecule has 0 fully saturated rings. The summed E-state index contributed by atoms with van der Waals surface area (Å²) >= 11 is 0. The molecule has 21 heavy (non-hydrogen) atoms. The number of aromatic nitrogens is 4. The smallest absolute Gasteiger partial charge is 0.271 e. The van der Waals surface area contributed by atoms with E-state index >= 15 is 0 Å². The lowest BCUT2D eigenvalue weighted by Crippen LogP contribution is -2.03. The molecule has 0 N–H and O–H groups in total. The van der Waals surface area contributed by atoms with Crippen LogP contribution < -0.4 is 4.74 Å². The summed E-state index contributed by atoms with van der Waals surface area (Å²) in [7, 11) is 2.59. The molecule has 0 radical (unpaired) electrons. The number of non-ortho nitro benzene ring substituents is 1. The van der Waals surface area contributed by atoms with E-state index in [0.29, 0.717) is 0 Å². The molecule has 1 aromatic heterocycles. The highest BCUT2D eigenvalue weighted by Crippen LogP contribution is 2.31. The monoisotopic (exact) mass is 333 g/mol. The van der Waals surface area contributed by atoms with Crippen LogP contribution in [0.15, 0.2) is 23.1 Å². The van der Waals surface area contributed by atoms with Gasteiger partial charge >= 0.3 is 0 Å². The van der Waals surface area contributed by atoms with Crippen LogP contribution in [0.5, 0.6) is 5.75 Å². The van der Waals surface area contributed by atoms with Crippen LogP contribution in [0.3, 0.4) is 0 Å². The first kappa shape index (κ1) is 15.1. The van der Waals surface area contributed by atoms with Crippen molar-refractivity contribution < 1.29 is 18.1 Å². The number of rotatable bonds is 5. The standard InChI is InChI=1S/C9H8ClN5O5S/c1-14-12-9(11-13-14)5-20-7-3-2-6(15(16)17)4-8(7)21(10,18)19/h2-4H,5H2,1H3. The van der Waals surface area contributed by atoms with E-state index in [1.165, 1.54) is 4.80 Å². The van der Waals surface area contributed by atoms with Crippen LogP contribution in [0.4, 0.5) is 5.69 Å². The Bertz CT molecular complexity index is 790. The van der Waals surface area contributed by atoms with Crippen molar-refractivity contribution in [1.29, 1.82) is 0 Å². The molecular formula is C9H8ClN5O5S. The number of ether oxygens (including phenoxy) is 1. The van der Waals surface area contributed by atoms with Gasteiger partial charge in [0.1, 0.15) is 10.6 Å². The number of benzene rings is 1. The molecule has 0 amide bonds. The Morgan fingerprint density at radius 3 is 2.71 bits per heavy atom. The number of halogens is 1. The second-order valence-electron chi connectivity index (χ2n) is 3.81. The lowest BCUT2D eigenvalue weighted by atomic mass is 10.3. The van der Waals surface area contributed by atoms with Gasteiger partial charge in [-0.05, 0) is 11.3 Å². The van der Waals surface area contributed by atoms with Gasteiger partial charge in [0.2, 0.25) is 5.82 Å². The third-order valence-corrected chi connectivity index (χ3v) is 3.65. The second-order valence-corrected chi connectivity index (χ2v) is 6.34. The Balaban J connectivity index is 2.32. The molecule has 0 aliphatic carbocycles. The highest BCUT2D eigenvalue weighted by molar-refractivity contribution is 8.13. The SMILES string of the molecule is Cn1nnc(COc2ccc([N+](=O)[O-])cc2S(=O)(=O)Cl)n1. The minimum Gasteiger partial charge on any atom is -0.484 e. The first-order chi connectivity index (χ1) is 9.77. The molecule has 0 atom stereocenters. The fourth-order valence-electron chi connectivity index (χ4n) is 1.44. The number of aryl methyl sites for hydroxylation is 1. The van der Waals surface area contributed by atoms with Crippen molar-refractivity contribution in [2.75, 3.05) is 0 Å². The molecule has 0 saturated carbocycles. The van der Waals surface area contributed by atoms with Gasteiger partial charge in [-0.25, -0.2) is 8.42 Å². The summed E-state index contributed by atoms with van der Waals surface area (Å²) in [6.45, 7) is -0.162. The molecule has 1 aromatic carbocycles. The summed E-state index contributed by atoms with van der Waals surface area (Å²) in [6, 6.07) is 3.07. The largest absolute Gasteiger partial charge is 0.484 e. The van der Waals surface area contributed by atoms with E-state index in [2.05, 4.69) is 15.4 Å². The minimum absolute atomic E-state index is 0.136. The lowest BCUT2D eigenvalue weighted by molar-refractivity contribution is -0.385. The van der Waals surface area contributed by atoms with Crippen molar-refractivity contribution in [2.45, 2.75) is 11.5 Å². The number of tetrazole rings is 1. The van der Waals surface area contributed by atoms with Crippen molar-refractivity contribution in [3.8, 4) is 5.75 Å². The van der Waals surface area contributed by atoms with Crippen molar-refractivity contribution in [3.05, 3.63) is 34.1 Å². The van der Waals surface area contributed by atoms with E-state index in [1.807, 2.05) is 0 Å². The van der Waals surface area contributed by atoms with Crippen LogP contribution >= 0.6 is 10.7 Å². The Hall–Kier alpha value is -2.27. The predicted molar refractivity (Wildman–Crippen MR) is 69.3 cm³/mol. The number of nitro groups is 1. The normalized spacial score (nSPS) is 11.3. The summed E-state index contributed by atoms with van der Waals surface area (Å²) in [5.74, 6) is 0.0804. The molecule has 12 heteroatoms. The third kappa shape index (κ3) is 3.64. The van der Waals surface area contributed by atoms with Crippen molar-refractivity contribution in [3.63, 3.8) is 0 Å². The highest BCUT2D eigenvalue weighted by Gasteiger charge is 2.21. The summed E-state index contributed by atoms with van der Waals surface area (Å²) in [5, 5.41) is 21.7. The minimum atomic E-state index is -4.21. The van der Waals surface area contributed by atoms with Crippen molar-refractivity contribution in [1.82, 2.24) is 20.2 Å². The molecule has 0 unspecified atom stereocenters. The number of nitro benzene ring substituents is 1. The van der Waals surface area contributed by atoms with Gasteiger partial charge in [-0.2, -0.15) is 4.80 Å². The van der Waals surface area contributed by atoms with Gasteiger partial charge in [0.05, 0.1) is 12.0 Å². The van der Waals surface area contributed by atoms with E-state index in [0.717, 1.165) is 18.2 Å². The lowest BCUT2D eigenvalue weighted by Gasteiger charge is -2.07. The predicted octanol–water partition coefficient (Wildman–Crippen LogP) is 0.625. The molecule has 0 saturated heterocycles. The highest BCUT2D eigenvalue weighted by atomic mass is 35.7. The van der Waals surface area contributed by atoms with E-state index in [1.54, 1.807) is 7.05 Å². The molecule has 0 bridgehead atoms. The molecule has 2 aromatic rings. The zero-order chi connectivity index (χ0) is 15.6. The van der Waals surface area contributed by atoms with Crippen LogP contribution in [-0.4, -0.2) is 33.5 Å². The average Bonchev–Trinajstić information content (AvgIpc) is 2.81. The van der Waals surface area contributed by atoms with Crippen LogP contribution in [-0.2, 0) is 22.7 Å². The zero-order valence-electron chi connectivity index (χ0n) is 10.5. The number of hydrogen-bond donors (Lipinski definition) is 0. The fourth-order valence-corrected chi connectivity index (χ4v) is 2.43. The summed E-state index contributed by atoms with van der Waals surface area (Å²) in [4.78, 5) is 10.6. The first-order valence-electron chi connectivity index (χ1n) is 5.36. The fraction of sp³-hybridized carbons (Fsp3) is 0.222. The Labute approximate surface area is 122 Å². The van der Waals surface area contributed by atoms with Crippen molar-refractivity contribution in [2.24, 2.45) is 7.05 Å². The van der Waals surface area contributed by atoms with Crippen LogP contribution in [0, 0.1) is 10.1 Å². The first-order valence-corrected chi connectivity index (χ1v) is 7.67. The quantitative estimate of drug-likeness (QED) is 0.442. The number of hydrogen-bond acceptors (Lipinski definition) is 8. The summed E-state index contributed by atoms with van der Waals surface area (Å²) < 4.78 is 28.2. The molecule has 10 nitrogen and oxygen atoms in total. The molecule has 1 heterocycles.